The van der Waals surface area contributed by atoms with Gasteiger partial charge in [-0.15, -0.1) is 0 Å². The number of fused-ring (bicyclic) bond motifs is 1. The van der Waals surface area contributed by atoms with Gasteiger partial charge in [0.1, 0.15) is 0 Å². The topological polar surface area (TPSA) is 50.8 Å². The number of para-hydroxylation sites is 1. The third-order valence-corrected chi connectivity index (χ3v) is 3.48. The van der Waals surface area contributed by atoms with E-state index in [2.05, 4.69) is 5.32 Å². The maximum absolute atomic E-state index is 12.0. The van der Waals surface area contributed by atoms with E-state index in [1.165, 1.54) is 0 Å². The van der Waals surface area contributed by atoms with Gasteiger partial charge < -0.3 is 19.7 Å². The second-order valence-corrected chi connectivity index (χ2v) is 4.58. The lowest BCUT2D eigenvalue weighted by Crippen LogP contribution is -2.40. The van der Waals surface area contributed by atoms with Gasteiger partial charge in [0.15, 0.2) is 6.29 Å². The Morgan fingerprint density at radius 3 is 2.74 bits per heavy atom. The minimum absolute atomic E-state index is 0.00713. The van der Waals surface area contributed by atoms with Crippen LogP contribution in [0.4, 0.5) is 5.69 Å². The molecule has 0 aromatic heterocycles. The van der Waals surface area contributed by atoms with E-state index in [0.717, 1.165) is 11.3 Å². The largest absolute Gasteiger partial charge is 0.355 e. The third-order valence-electron chi connectivity index (χ3n) is 3.48. The van der Waals surface area contributed by atoms with Crippen molar-refractivity contribution in [1.29, 1.82) is 0 Å². The molecule has 0 fully saturated rings. The van der Waals surface area contributed by atoms with E-state index in [1.807, 2.05) is 31.3 Å². The summed E-state index contributed by atoms with van der Waals surface area (Å²) in [6.07, 6.45) is 0.148. The molecule has 1 unspecified atom stereocenters. The molecule has 1 aromatic rings. The zero-order valence-electron chi connectivity index (χ0n) is 11.6. The second-order valence-electron chi connectivity index (χ2n) is 4.58. The van der Waals surface area contributed by atoms with Crippen molar-refractivity contribution in [1.82, 2.24) is 5.32 Å². The van der Waals surface area contributed by atoms with Crippen LogP contribution in [0.25, 0.3) is 0 Å². The lowest BCUT2D eigenvalue weighted by molar-refractivity contribution is -0.120. The van der Waals surface area contributed by atoms with Gasteiger partial charge in [-0.2, -0.15) is 0 Å². The lowest BCUT2D eigenvalue weighted by atomic mass is 9.96. The molecule has 0 bridgehead atoms. The summed E-state index contributed by atoms with van der Waals surface area (Å²) in [5.41, 5.74) is 2.10. The van der Waals surface area contributed by atoms with Crippen molar-refractivity contribution >= 4 is 11.6 Å². The fraction of sp³-hybridized carbons (Fsp3) is 0.500. The zero-order valence-corrected chi connectivity index (χ0v) is 11.6. The quantitative estimate of drug-likeness (QED) is 0.815. The van der Waals surface area contributed by atoms with Crippen molar-refractivity contribution in [3.05, 3.63) is 29.8 Å². The van der Waals surface area contributed by atoms with Crippen LogP contribution in [0.2, 0.25) is 0 Å². The second kappa shape index (κ2) is 6.14. The van der Waals surface area contributed by atoms with Crippen LogP contribution in [0.1, 0.15) is 18.0 Å². The zero-order chi connectivity index (χ0) is 13.8. The Kier molecular flexibility index (Phi) is 4.52. The number of ether oxygens (including phenoxy) is 2. The summed E-state index contributed by atoms with van der Waals surface area (Å²) < 4.78 is 10.3. The molecule has 5 nitrogen and oxygen atoms in total. The Bertz CT molecular complexity index is 446. The van der Waals surface area contributed by atoms with E-state index in [4.69, 9.17) is 9.47 Å². The van der Waals surface area contributed by atoms with Crippen LogP contribution in [-0.2, 0) is 14.3 Å². The number of carbonyl (C=O) groups excluding carboxylic acids is 1. The lowest BCUT2D eigenvalue weighted by Gasteiger charge is -2.32. The molecular weight excluding hydrogens is 244 g/mol. The highest BCUT2D eigenvalue weighted by atomic mass is 16.7. The number of amides is 1. The average Bonchev–Trinajstić information content (AvgIpc) is 2.45. The molecule has 0 saturated heterocycles. The molecule has 1 aromatic carbocycles. The molecule has 1 N–H and O–H groups in total. The first kappa shape index (κ1) is 14.0. The average molecular weight is 264 g/mol. The Morgan fingerprint density at radius 1 is 1.37 bits per heavy atom. The predicted molar refractivity (Wildman–Crippen MR) is 73.0 cm³/mol. The van der Waals surface area contributed by atoms with Crippen molar-refractivity contribution in [3.8, 4) is 0 Å². The fourth-order valence-corrected chi connectivity index (χ4v) is 2.33. The standard InChI is InChI=1S/C14H20N2O3/c1-16-12-7-5-4-6-10(12)11(8-13(16)17)15-9-14(18-2)19-3/h4-7,11,14-15H,8-9H2,1-3H3. The first-order chi connectivity index (χ1) is 9.17. The summed E-state index contributed by atoms with van der Waals surface area (Å²) in [7, 11) is 5.01. The van der Waals surface area contributed by atoms with Crippen LogP contribution in [0.5, 0.6) is 0 Å². The molecule has 1 atom stereocenters. The van der Waals surface area contributed by atoms with Crippen LogP contribution in [-0.4, -0.2) is 40.0 Å². The Balaban J connectivity index is 2.14. The first-order valence-electron chi connectivity index (χ1n) is 6.31. The number of rotatable bonds is 5. The summed E-state index contributed by atoms with van der Waals surface area (Å²) in [4.78, 5) is 13.7. The molecule has 2 rings (SSSR count). The van der Waals surface area contributed by atoms with Gasteiger partial charge in [-0.05, 0) is 11.6 Å². The fourth-order valence-electron chi connectivity index (χ4n) is 2.33. The Labute approximate surface area is 113 Å². The van der Waals surface area contributed by atoms with Crippen LogP contribution in [0, 0.1) is 0 Å². The van der Waals surface area contributed by atoms with Crippen LogP contribution < -0.4 is 10.2 Å². The molecular formula is C14H20N2O3. The molecule has 1 amide bonds. The maximum atomic E-state index is 12.0. The number of nitrogens with one attached hydrogen (secondary N) is 1. The number of carbonyl (C=O) groups is 1. The van der Waals surface area contributed by atoms with E-state index < -0.39 is 0 Å². The molecule has 19 heavy (non-hydrogen) atoms. The Hall–Kier alpha value is -1.43. The number of benzene rings is 1. The van der Waals surface area contributed by atoms with Gasteiger partial charge in [0, 0.05) is 46.0 Å². The van der Waals surface area contributed by atoms with Gasteiger partial charge >= 0.3 is 0 Å². The summed E-state index contributed by atoms with van der Waals surface area (Å²) in [5.74, 6) is 0.114. The van der Waals surface area contributed by atoms with Crippen molar-refractivity contribution < 1.29 is 14.3 Å². The summed E-state index contributed by atoms with van der Waals surface area (Å²) >= 11 is 0. The molecule has 1 heterocycles. The number of methoxy groups -OCH3 is 2. The van der Waals surface area contributed by atoms with Gasteiger partial charge in [-0.3, -0.25) is 4.79 Å². The molecule has 0 aliphatic carbocycles. The van der Waals surface area contributed by atoms with Gasteiger partial charge in [-0.1, -0.05) is 18.2 Å². The predicted octanol–water partition coefficient (Wildman–Crippen LogP) is 1.30. The highest BCUT2D eigenvalue weighted by Gasteiger charge is 2.28. The SMILES string of the molecule is COC(CNC1CC(=O)N(C)c2ccccc21)OC. The third kappa shape index (κ3) is 2.94. The van der Waals surface area contributed by atoms with Gasteiger partial charge in [-0.25, -0.2) is 0 Å². The number of hydrogen-bond donors (Lipinski definition) is 1. The van der Waals surface area contributed by atoms with E-state index >= 15 is 0 Å². The summed E-state index contributed by atoms with van der Waals surface area (Å²) in [6, 6.07) is 7.95. The normalized spacial score (nSPS) is 18.8. The maximum Gasteiger partial charge on any atom is 0.228 e. The van der Waals surface area contributed by atoms with Crippen molar-refractivity contribution in [2.24, 2.45) is 0 Å². The van der Waals surface area contributed by atoms with Crippen molar-refractivity contribution in [2.75, 3.05) is 32.7 Å². The number of nitrogens with zero attached hydrogens (tertiary/aromatic N) is 1. The van der Waals surface area contributed by atoms with Crippen LogP contribution in [0.15, 0.2) is 24.3 Å². The van der Waals surface area contributed by atoms with E-state index in [0.29, 0.717) is 13.0 Å². The van der Waals surface area contributed by atoms with E-state index in [-0.39, 0.29) is 18.2 Å². The highest BCUT2D eigenvalue weighted by Crippen LogP contribution is 2.33. The molecule has 5 heteroatoms. The minimum atomic E-state index is -0.304. The van der Waals surface area contributed by atoms with Crippen LogP contribution in [0.3, 0.4) is 0 Å². The summed E-state index contributed by atoms with van der Waals surface area (Å²) in [5, 5.41) is 3.33. The van der Waals surface area contributed by atoms with Crippen molar-refractivity contribution in [3.63, 3.8) is 0 Å². The van der Waals surface area contributed by atoms with Gasteiger partial charge in [0.2, 0.25) is 5.91 Å². The molecule has 0 spiro atoms. The summed E-state index contributed by atoms with van der Waals surface area (Å²) in [6.45, 7) is 0.545. The number of anilines is 1. The molecule has 104 valence electrons. The highest BCUT2D eigenvalue weighted by molar-refractivity contribution is 5.96. The molecule has 0 radical (unpaired) electrons. The van der Waals surface area contributed by atoms with Gasteiger partial charge in [0.25, 0.3) is 0 Å². The van der Waals surface area contributed by atoms with Gasteiger partial charge in [0.05, 0.1) is 0 Å². The van der Waals surface area contributed by atoms with E-state index in [1.54, 1.807) is 19.1 Å². The molecule has 1 aliphatic rings. The van der Waals surface area contributed by atoms with Crippen LogP contribution >= 0.6 is 0 Å². The molecule has 1 aliphatic heterocycles. The van der Waals surface area contributed by atoms with Crippen molar-refractivity contribution in [2.45, 2.75) is 18.8 Å². The molecule has 0 saturated carbocycles. The minimum Gasteiger partial charge on any atom is -0.355 e. The van der Waals surface area contributed by atoms with E-state index in [9.17, 15) is 4.79 Å². The first-order valence-corrected chi connectivity index (χ1v) is 6.31. The smallest absolute Gasteiger partial charge is 0.228 e. The number of hydrogen-bond acceptors (Lipinski definition) is 4. The monoisotopic (exact) mass is 264 g/mol. The Morgan fingerprint density at radius 2 is 2.05 bits per heavy atom.